The Morgan fingerprint density at radius 2 is 1.33 bits per heavy atom. The highest BCUT2D eigenvalue weighted by Gasteiger charge is 1.92. The lowest BCUT2D eigenvalue weighted by Gasteiger charge is -2.10. The molecule has 1 rings (SSSR count). The number of hydrogen-bond donors (Lipinski definition) is 1. The molecular formula is C4H12F3NO. The predicted molar refractivity (Wildman–Crippen MR) is 31.2 cm³/mol. The maximum absolute atomic E-state index is 5.01. The van der Waals surface area contributed by atoms with Crippen LogP contribution in [0.1, 0.15) is 0 Å². The Morgan fingerprint density at radius 3 is 1.44 bits per heavy atom. The van der Waals surface area contributed by atoms with Crippen molar-refractivity contribution in [3.05, 3.63) is 0 Å². The Labute approximate surface area is 51.7 Å². The van der Waals surface area contributed by atoms with Gasteiger partial charge in [0.05, 0.1) is 13.2 Å². The summed E-state index contributed by atoms with van der Waals surface area (Å²) in [5.41, 5.74) is 0. The molecule has 0 spiro atoms. The molecule has 0 aliphatic carbocycles. The molecule has 1 N–H and O–H groups in total. The number of morpholine rings is 1. The second kappa shape index (κ2) is 10.6. The van der Waals surface area contributed by atoms with Gasteiger partial charge in [0, 0.05) is 13.1 Å². The maximum Gasteiger partial charge on any atom is 0.0591 e. The minimum absolute atomic E-state index is 0. The molecule has 0 aromatic rings. The summed E-state index contributed by atoms with van der Waals surface area (Å²) >= 11 is 0. The van der Waals surface area contributed by atoms with Crippen LogP contribution in [0.3, 0.4) is 0 Å². The highest BCUT2D eigenvalue weighted by atomic mass is 19.0. The van der Waals surface area contributed by atoms with Crippen LogP contribution in [-0.2, 0) is 4.74 Å². The van der Waals surface area contributed by atoms with Crippen molar-refractivity contribution in [3.8, 4) is 0 Å². The van der Waals surface area contributed by atoms with E-state index < -0.39 is 0 Å². The molecule has 1 heterocycles. The zero-order valence-corrected chi connectivity index (χ0v) is 4.96. The van der Waals surface area contributed by atoms with Gasteiger partial charge in [-0.3, -0.25) is 14.1 Å². The van der Waals surface area contributed by atoms with E-state index in [0.29, 0.717) is 0 Å². The number of nitrogens with one attached hydrogen (secondary N) is 1. The van der Waals surface area contributed by atoms with Crippen LogP contribution in [0.4, 0.5) is 14.1 Å². The second-order valence-electron chi connectivity index (χ2n) is 1.36. The number of halogens is 3. The molecule has 1 saturated heterocycles. The molecule has 0 radical (unpaired) electrons. The maximum atomic E-state index is 5.01. The summed E-state index contributed by atoms with van der Waals surface area (Å²) in [7, 11) is 0. The van der Waals surface area contributed by atoms with Crippen molar-refractivity contribution < 1.29 is 18.9 Å². The SMILES string of the molecule is C1COCCN1.F.F.F. The van der Waals surface area contributed by atoms with Gasteiger partial charge in [-0.25, -0.2) is 0 Å². The van der Waals surface area contributed by atoms with Gasteiger partial charge in [-0.2, -0.15) is 0 Å². The summed E-state index contributed by atoms with van der Waals surface area (Å²) in [5.74, 6) is 0. The van der Waals surface area contributed by atoms with Gasteiger partial charge in [0.25, 0.3) is 0 Å². The first-order valence-corrected chi connectivity index (χ1v) is 2.28. The van der Waals surface area contributed by atoms with E-state index in [-0.39, 0.29) is 14.1 Å². The monoisotopic (exact) mass is 147 g/mol. The minimum atomic E-state index is 0. The number of hydrogen-bond acceptors (Lipinski definition) is 2. The molecule has 0 aromatic heterocycles. The molecule has 0 saturated carbocycles. The van der Waals surface area contributed by atoms with Gasteiger partial charge in [-0.1, -0.05) is 0 Å². The molecule has 9 heavy (non-hydrogen) atoms. The lowest BCUT2D eigenvalue weighted by atomic mass is 10.5. The van der Waals surface area contributed by atoms with Gasteiger partial charge in [0.15, 0.2) is 0 Å². The third-order valence-corrected chi connectivity index (χ3v) is 0.846. The fourth-order valence-electron chi connectivity index (χ4n) is 0.516. The molecule has 0 unspecified atom stereocenters. The predicted octanol–water partition coefficient (Wildman–Crippen LogP) is 0.0637. The molecule has 0 atom stereocenters. The van der Waals surface area contributed by atoms with Crippen LogP contribution in [0.5, 0.6) is 0 Å². The molecule has 1 aliphatic heterocycles. The Hall–Kier alpha value is -0.290. The molecule has 0 aromatic carbocycles. The van der Waals surface area contributed by atoms with E-state index >= 15 is 0 Å². The van der Waals surface area contributed by atoms with E-state index in [1.807, 2.05) is 0 Å². The van der Waals surface area contributed by atoms with Gasteiger partial charge in [-0.05, 0) is 0 Å². The number of rotatable bonds is 0. The van der Waals surface area contributed by atoms with Crippen molar-refractivity contribution in [2.75, 3.05) is 26.3 Å². The Morgan fingerprint density at radius 1 is 0.889 bits per heavy atom. The third-order valence-electron chi connectivity index (χ3n) is 0.846. The lowest BCUT2D eigenvalue weighted by Crippen LogP contribution is -2.30. The molecule has 0 amide bonds. The van der Waals surface area contributed by atoms with Gasteiger partial charge in [0.2, 0.25) is 0 Å². The van der Waals surface area contributed by atoms with Crippen molar-refractivity contribution in [1.29, 1.82) is 0 Å². The van der Waals surface area contributed by atoms with Crippen LogP contribution in [-0.4, -0.2) is 26.3 Å². The van der Waals surface area contributed by atoms with Crippen LogP contribution < -0.4 is 5.32 Å². The van der Waals surface area contributed by atoms with Crippen molar-refractivity contribution in [2.45, 2.75) is 0 Å². The molecule has 1 aliphatic rings. The Bertz CT molecular complexity index is 31.3. The van der Waals surface area contributed by atoms with Crippen LogP contribution in [0.15, 0.2) is 0 Å². The largest absolute Gasteiger partial charge is 0.379 e. The van der Waals surface area contributed by atoms with E-state index in [1.165, 1.54) is 0 Å². The van der Waals surface area contributed by atoms with Crippen LogP contribution in [0, 0.1) is 0 Å². The van der Waals surface area contributed by atoms with Gasteiger partial charge in [0.1, 0.15) is 0 Å². The first-order chi connectivity index (χ1) is 3.00. The first-order valence-electron chi connectivity index (χ1n) is 2.28. The standard InChI is InChI=1S/C4H9NO.3FH/c1-3-6-4-2-5-1;;;/h5H,1-4H2;3*1H. The van der Waals surface area contributed by atoms with E-state index in [4.69, 9.17) is 4.74 Å². The highest BCUT2D eigenvalue weighted by Crippen LogP contribution is 1.76. The summed E-state index contributed by atoms with van der Waals surface area (Å²) in [5, 5.41) is 3.16. The molecule has 1 fully saturated rings. The smallest absolute Gasteiger partial charge is 0.0591 e. The lowest BCUT2D eigenvalue weighted by molar-refractivity contribution is 0.109. The van der Waals surface area contributed by atoms with Crippen molar-refractivity contribution in [2.24, 2.45) is 0 Å². The van der Waals surface area contributed by atoms with Crippen molar-refractivity contribution in [1.82, 2.24) is 5.32 Å². The third kappa shape index (κ3) is 7.71. The van der Waals surface area contributed by atoms with Crippen LogP contribution >= 0.6 is 0 Å². The van der Waals surface area contributed by atoms with Crippen LogP contribution in [0.2, 0.25) is 0 Å². The summed E-state index contributed by atoms with van der Waals surface area (Å²) in [4.78, 5) is 0. The average molecular weight is 147 g/mol. The number of ether oxygens (including phenoxy) is 1. The molecule has 60 valence electrons. The summed E-state index contributed by atoms with van der Waals surface area (Å²) in [6, 6.07) is 0. The van der Waals surface area contributed by atoms with E-state index in [9.17, 15) is 0 Å². The topological polar surface area (TPSA) is 21.3 Å². The fraction of sp³-hybridized carbons (Fsp3) is 1.00. The summed E-state index contributed by atoms with van der Waals surface area (Å²) < 4.78 is 5.01. The Balaban J connectivity index is -0.000000120. The molecule has 2 nitrogen and oxygen atoms in total. The minimum Gasteiger partial charge on any atom is -0.379 e. The summed E-state index contributed by atoms with van der Waals surface area (Å²) in [6.45, 7) is 3.83. The van der Waals surface area contributed by atoms with E-state index in [2.05, 4.69) is 5.32 Å². The van der Waals surface area contributed by atoms with E-state index in [0.717, 1.165) is 26.3 Å². The van der Waals surface area contributed by atoms with Gasteiger partial charge < -0.3 is 10.1 Å². The Kier molecular flexibility index (Phi) is 18.8. The summed E-state index contributed by atoms with van der Waals surface area (Å²) in [6.07, 6.45) is 0. The first kappa shape index (κ1) is 15.9. The van der Waals surface area contributed by atoms with Gasteiger partial charge >= 0.3 is 0 Å². The second-order valence-corrected chi connectivity index (χ2v) is 1.36. The molecule has 0 bridgehead atoms. The average Bonchev–Trinajstić information content (AvgIpc) is 1.72. The van der Waals surface area contributed by atoms with Crippen molar-refractivity contribution >= 4 is 0 Å². The van der Waals surface area contributed by atoms with E-state index in [1.54, 1.807) is 0 Å². The molecular weight excluding hydrogens is 135 g/mol. The molecule has 5 heteroatoms. The van der Waals surface area contributed by atoms with Crippen molar-refractivity contribution in [3.63, 3.8) is 0 Å². The normalized spacial score (nSPS) is 16.0. The van der Waals surface area contributed by atoms with Crippen LogP contribution in [0.25, 0.3) is 0 Å². The zero-order valence-electron chi connectivity index (χ0n) is 4.96. The quantitative estimate of drug-likeness (QED) is 0.523. The highest BCUT2D eigenvalue weighted by molar-refractivity contribution is 4.49. The fourth-order valence-corrected chi connectivity index (χ4v) is 0.516. The zero-order chi connectivity index (χ0) is 4.24. The van der Waals surface area contributed by atoms with Gasteiger partial charge in [-0.15, -0.1) is 0 Å².